The predicted octanol–water partition coefficient (Wildman–Crippen LogP) is 2.08. The van der Waals surface area contributed by atoms with Gasteiger partial charge in [-0.2, -0.15) is 0 Å². The number of nitrogens with zero attached hydrogens (tertiary/aromatic N) is 2. The molecule has 17 heavy (non-hydrogen) atoms. The molecule has 1 aliphatic heterocycles. The van der Waals surface area contributed by atoms with E-state index in [0.29, 0.717) is 0 Å². The van der Waals surface area contributed by atoms with Crippen LogP contribution in [0.4, 0.5) is 0 Å². The average Bonchev–Trinajstić information content (AvgIpc) is 2.86. The van der Waals surface area contributed by atoms with Gasteiger partial charge in [-0.3, -0.25) is 0 Å². The van der Waals surface area contributed by atoms with Gasteiger partial charge in [-0.25, -0.2) is 4.98 Å². The summed E-state index contributed by atoms with van der Waals surface area (Å²) in [7, 11) is 0. The number of aromatic nitrogens is 2. The molecular weight excluding hydrogens is 210 g/mol. The number of hydrogen-bond acceptors (Lipinski definition) is 2. The van der Waals surface area contributed by atoms with Gasteiger partial charge in [-0.1, -0.05) is 19.1 Å². The fraction of sp³-hybridized carbons (Fsp3) is 0.357. The molecule has 1 aromatic carbocycles. The summed E-state index contributed by atoms with van der Waals surface area (Å²) in [5, 5.41) is 3.45. The van der Waals surface area contributed by atoms with Crippen LogP contribution in [-0.2, 0) is 19.4 Å². The SMILES string of the molecule is CCc1cncn1-c1cccc2c1CNCC2. The molecule has 1 aliphatic rings. The van der Waals surface area contributed by atoms with Crippen LogP contribution in [0.1, 0.15) is 23.7 Å². The highest BCUT2D eigenvalue weighted by Crippen LogP contribution is 2.23. The summed E-state index contributed by atoms with van der Waals surface area (Å²) in [5.74, 6) is 0. The summed E-state index contributed by atoms with van der Waals surface area (Å²) in [5.41, 5.74) is 5.44. The van der Waals surface area contributed by atoms with E-state index in [1.807, 2.05) is 12.5 Å². The lowest BCUT2D eigenvalue weighted by molar-refractivity contribution is 0.639. The Balaban J connectivity index is 2.14. The second kappa shape index (κ2) is 4.34. The minimum absolute atomic E-state index is 0.965. The van der Waals surface area contributed by atoms with Gasteiger partial charge < -0.3 is 9.88 Å². The summed E-state index contributed by atoms with van der Waals surface area (Å²) < 4.78 is 2.21. The first-order valence-electron chi connectivity index (χ1n) is 6.23. The van der Waals surface area contributed by atoms with Gasteiger partial charge in [0.2, 0.25) is 0 Å². The molecule has 0 fully saturated rings. The van der Waals surface area contributed by atoms with E-state index in [-0.39, 0.29) is 0 Å². The van der Waals surface area contributed by atoms with Crippen LogP contribution in [0.2, 0.25) is 0 Å². The Morgan fingerprint density at radius 2 is 2.35 bits per heavy atom. The van der Waals surface area contributed by atoms with Gasteiger partial charge in [0.25, 0.3) is 0 Å². The van der Waals surface area contributed by atoms with Crippen molar-refractivity contribution in [3.8, 4) is 5.69 Å². The predicted molar refractivity (Wildman–Crippen MR) is 68.4 cm³/mol. The third-order valence-corrected chi connectivity index (χ3v) is 3.46. The highest BCUT2D eigenvalue weighted by atomic mass is 15.1. The van der Waals surface area contributed by atoms with E-state index in [1.165, 1.54) is 22.5 Å². The van der Waals surface area contributed by atoms with Crippen molar-refractivity contribution in [1.29, 1.82) is 0 Å². The van der Waals surface area contributed by atoms with Gasteiger partial charge >= 0.3 is 0 Å². The van der Waals surface area contributed by atoms with Crippen LogP contribution in [0.25, 0.3) is 5.69 Å². The molecule has 1 N–H and O–H groups in total. The van der Waals surface area contributed by atoms with Crippen LogP contribution in [0, 0.1) is 0 Å². The molecule has 1 aromatic heterocycles. The Morgan fingerprint density at radius 1 is 1.41 bits per heavy atom. The van der Waals surface area contributed by atoms with Crippen molar-refractivity contribution in [2.75, 3.05) is 6.54 Å². The Hall–Kier alpha value is -1.61. The van der Waals surface area contributed by atoms with E-state index in [4.69, 9.17) is 0 Å². The van der Waals surface area contributed by atoms with Crippen molar-refractivity contribution in [3.63, 3.8) is 0 Å². The zero-order valence-corrected chi connectivity index (χ0v) is 10.1. The number of nitrogens with one attached hydrogen (secondary N) is 1. The Labute approximate surface area is 101 Å². The summed E-state index contributed by atoms with van der Waals surface area (Å²) in [6, 6.07) is 6.58. The van der Waals surface area contributed by atoms with Gasteiger partial charge in [0.15, 0.2) is 0 Å². The van der Waals surface area contributed by atoms with Gasteiger partial charge in [0, 0.05) is 18.4 Å². The molecule has 0 aliphatic carbocycles. The van der Waals surface area contributed by atoms with Crippen molar-refractivity contribution in [2.45, 2.75) is 26.3 Å². The maximum absolute atomic E-state index is 4.26. The normalized spacial score (nSPS) is 14.6. The third kappa shape index (κ3) is 1.76. The van der Waals surface area contributed by atoms with Crippen LogP contribution in [0.5, 0.6) is 0 Å². The minimum atomic E-state index is 0.965. The second-order valence-electron chi connectivity index (χ2n) is 4.45. The molecule has 3 rings (SSSR count). The average molecular weight is 227 g/mol. The Bertz CT molecular complexity index is 528. The molecular formula is C14H17N3. The van der Waals surface area contributed by atoms with Gasteiger partial charge in [-0.15, -0.1) is 0 Å². The molecule has 3 nitrogen and oxygen atoms in total. The quantitative estimate of drug-likeness (QED) is 0.851. The molecule has 2 heterocycles. The smallest absolute Gasteiger partial charge is 0.0994 e. The van der Waals surface area contributed by atoms with E-state index in [0.717, 1.165) is 25.9 Å². The van der Waals surface area contributed by atoms with Gasteiger partial charge in [0.1, 0.15) is 0 Å². The Kier molecular flexibility index (Phi) is 2.69. The maximum atomic E-state index is 4.26. The molecule has 0 atom stereocenters. The number of aryl methyl sites for hydroxylation is 1. The molecule has 2 aromatic rings. The number of imidazole rings is 1. The number of benzene rings is 1. The number of rotatable bonds is 2. The highest BCUT2D eigenvalue weighted by Gasteiger charge is 2.14. The maximum Gasteiger partial charge on any atom is 0.0994 e. The highest BCUT2D eigenvalue weighted by molar-refractivity contribution is 5.48. The summed E-state index contributed by atoms with van der Waals surface area (Å²) in [6.45, 7) is 4.22. The standard InChI is InChI=1S/C14H17N3/c1-2-12-8-16-10-17(12)14-5-3-4-11-6-7-15-9-13(11)14/h3-5,8,10,15H,2,6-7,9H2,1H3. The zero-order valence-electron chi connectivity index (χ0n) is 10.1. The summed E-state index contributed by atoms with van der Waals surface area (Å²) in [4.78, 5) is 4.26. The molecule has 0 saturated carbocycles. The number of hydrogen-bond donors (Lipinski definition) is 1. The second-order valence-corrected chi connectivity index (χ2v) is 4.45. The van der Waals surface area contributed by atoms with E-state index < -0.39 is 0 Å². The molecule has 0 bridgehead atoms. The first-order valence-corrected chi connectivity index (χ1v) is 6.23. The monoisotopic (exact) mass is 227 g/mol. The van der Waals surface area contributed by atoms with E-state index in [9.17, 15) is 0 Å². The topological polar surface area (TPSA) is 29.9 Å². The van der Waals surface area contributed by atoms with Crippen LogP contribution in [0.15, 0.2) is 30.7 Å². The summed E-state index contributed by atoms with van der Waals surface area (Å²) in [6.07, 6.45) is 6.01. The Morgan fingerprint density at radius 3 is 3.24 bits per heavy atom. The van der Waals surface area contributed by atoms with Crippen molar-refractivity contribution in [3.05, 3.63) is 47.5 Å². The van der Waals surface area contributed by atoms with Crippen molar-refractivity contribution in [1.82, 2.24) is 14.9 Å². The van der Waals surface area contributed by atoms with Gasteiger partial charge in [-0.05, 0) is 36.6 Å². The van der Waals surface area contributed by atoms with Crippen LogP contribution in [0.3, 0.4) is 0 Å². The van der Waals surface area contributed by atoms with Crippen molar-refractivity contribution >= 4 is 0 Å². The fourth-order valence-electron chi connectivity index (χ4n) is 2.52. The first kappa shape index (κ1) is 10.5. The summed E-state index contributed by atoms with van der Waals surface area (Å²) >= 11 is 0. The largest absolute Gasteiger partial charge is 0.312 e. The minimum Gasteiger partial charge on any atom is -0.312 e. The van der Waals surface area contributed by atoms with E-state index in [1.54, 1.807) is 0 Å². The molecule has 0 amide bonds. The fourth-order valence-corrected chi connectivity index (χ4v) is 2.52. The lowest BCUT2D eigenvalue weighted by Crippen LogP contribution is -2.25. The van der Waals surface area contributed by atoms with Crippen LogP contribution >= 0.6 is 0 Å². The lowest BCUT2D eigenvalue weighted by atomic mass is 9.99. The molecule has 0 radical (unpaired) electrons. The third-order valence-electron chi connectivity index (χ3n) is 3.46. The van der Waals surface area contributed by atoms with Crippen molar-refractivity contribution in [2.24, 2.45) is 0 Å². The molecule has 0 unspecified atom stereocenters. The lowest BCUT2D eigenvalue weighted by Gasteiger charge is -2.21. The molecule has 0 saturated heterocycles. The van der Waals surface area contributed by atoms with E-state index in [2.05, 4.69) is 40.0 Å². The van der Waals surface area contributed by atoms with Gasteiger partial charge in [0.05, 0.1) is 12.0 Å². The van der Waals surface area contributed by atoms with Crippen molar-refractivity contribution < 1.29 is 0 Å². The molecule has 88 valence electrons. The van der Waals surface area contributed by atoms with E-state index >= 15 is 0 Å². The molecule has 0 spiro atoms. The zero-order chi connectivity index (χ0) is 11.7. The van der Waals surface area contributed by atoms with Crippen LogP contribution in [-0.4, -0.2) is 16.1 Å². The molecule has 3 heteroatoms. The number of fused-ring (bicyclic) bond motifs is 1. The van der Waals surface area contributed by atoms with Crippen LogP contribution < -0.4 is 5.32 Å². The first-order chi connectivity index (χ1) is 8.40.